The predicted octanol–water partition coefficient (Wildman–Crippen LogP) is 1.80. The maximum atomic E-state index is 11.5. The summed E-state index contributed by atoms with van der Waals surface area (Å²) in [7, 11) is 0. The Morgan fingerprint density at radius 3 is 2.21 bits per heavy atom. The van der Waals surface area contributed by atoms with E-state index in [1.807, 2.05) is 19.1 Å². The van der Waals surface area contributed by atoms with Gasteiger partial charge in [0.05, 0.1) is 0 Å². The first-order chi connectivity index (χ1) is 11.2. The van der Waals surface area contributed by atoms with Gasteiger partial charge in [-0.05, 0) is 44.9 Å². The summed E-state index contributed by atoms with van der Waals surface area (Å²) in [5.41, 5.74) is 0.692. The van der Waals surface area contributed by atoms with Crippen molar-refractivity contribution in [1.29, 1.82) is 0 Å². The first-order valence-corrected chi connectivity index (χ1v) is 7.69. The summed E-state index contributed by atoms with van der Waals surface area (Å²) in [6.07, 6.45) is 0.917. The molecule has 7 heteroatoms. The van der Waals surface area contributed by atoms with Gasteiger partial charge in [-0.25, -0.2) is 9.59 Å². The van der Waals surface area contributed by atoms with Gasteiger partial charge in [-0.15, -0.1) is 0 Å². The fraction of sp³-hybridized carbons (Fsp3) is 0.471. The van der Waals surface area contributed by atoms with Crippen molar-refractivity contribution >= 4 is 17.9 Å². The molecule has 7 nitrogen and oxygen atoms in total. The molecule has 0 aliphatic heterocycles. The molecule has 2 N–H and O–H groups in total. The molecule has 0 saturated heterocycles. The van der Waals surface area contributed by atoms with Crippen molar-refractivity contribution in [3.63, 3.8) is 0 Å². The molecule has 0 saturated carbocycles. The van der Waals surface area contributed by atoms with Gasteiger partial charge in [-0.3, -0.25) is 10.1 Å². The molecule has 3 amide bonds. The van der Waals surface area contributed by atoms with Crippen molar-refractivity contribution < 1.29 is 23.9 Å². The van der Waals surface area contributed by atoms with Crippen LogP contribution >= 0.6 is 0 Å². The Hall–Kier alpha value is -2.57. The highest BCUT2D eigenvalue weighted by atomic mass is 16.6. The lowest BCUT2D eigenvalue weighted by Crippen LogP contribution is -2.49. The lowest BCUT2D eigenvalue weighted by atomic mass is 10.1. The van der Waals surface area contributed by atoms with Crippen LogP contribution in [0.2, 0.25) is 0 Å². The molecule has 0 bridgehead atoms. The molecule has 0 radical (unpaired) electrons. The third-order valence-electron chi connectivity index (χ3n) is 2.79. The molecule has 0 heterocycles. The van der Waals surface area contributed by atoms with E-state index in [-0.39, 0.29) is 6.61 Å². The first-order valence-electron chi connectivity index (χ1n) is 7.69. The zero-order valence-electron chi connectivity index (χ0n) is 14.5. The van der Waals surface area contributed by atoms with Crippen molar-refractivity contribution in [2.75, 3.05) is 13.2 Å². The Kier molecular flexibility index (Phi) is 7.23. The average molecular weight is 336 g/mol. The van der Waals surface area contributed by atoms with Crippen LogP contribution in [0.3, 0.4) is 0 Å². The average Bonchev–Trinajstić information content (AvgIpc) is 2.49. The standard InChI is InChI=1S/C17H24N2O5/c1-5-12-6-8-13(9-7-12)23-11-15(21)24-10-14(20)18-16(22)19-17(2,3)4/h6-9H,5,10-11H2,1-4H3,(H2,18,19,20,22). The molecule has 0 unspecified atom stereocenters. The first kappa shape index (κ1) is 19.5. The minimum Gasteiger partial charge on any atom is -0.482 e. The van der Waals surface area contributed by atoms with Crippen molar-refractivity contribution in [2.45, 2.75) is 39.7 Å². The molecule has 0 aromatic heterocycles. The van der Waals surface area contributed by atoms with E-state index in [4.69, 9.17) is 9.47 Å². The van der Waals surface area contributed by atoms with Gasteiger partial charge >= 0.3 is 12.0 Å². The number of amides is 3. The molecule has 0 spiro atoms. The number of rotatable bonds is 6. The van der Waals surface area contributed by atoms with E-state index in [1.165, 1.54) is 0 Å². The van der Waals surface area contributed by atoms with Crippen LogP contribution < -0.4 is 15.4 Å². The number of ether oxygens (including phenoxy) is 2. The van der Waals surface area contributed by atoms with Crippen LogP contribution in [0, 0.1) is 0 Å². The molecule has 132 valence electrons. The lowest BCUT2D eigenvalue weighted by Gasteiger charge is -2.20. The molecular weight excluding hydrogens is 312 g/mol. The zero-order valence-corrected chi connectivity index (χ0v) is 14.5. The van der Waals surface area contributed by atoms with E-state index >= 15 is 0 Å². The normalized spacial score (nSPS) is 10.7. The van der Waals surface area contributed by atoms with Gasteiger partial charge in [0.1, 0.15) is 5.75 Å². The largest absolute Gasteiger partial charge is 0.482 e. The van der Waals surface area contributed by atoms with Crippen LogP contribution in [-0.2, 0) is 20.7 Å². The number of carbonyl (C=O) groups excluding carboxylic acids is 3. The Bertz CT molecular complexity index is 576. The van der Waals surface area contributed by atoms with Crippen LogP contribution in [0.4, 0.5) is 4.79 Å². The molecule has 0 fully saturated rings. The number of urea groups is 1. The highest BCUT2D eigenvalue weighted by Gasteiger charge is 2.16. The van der Waals surface area contributed by atoms with Crippen LogP contribution in [-0.4, -0.2) is 36.7 Å². The molecule has 24 heavy (non-hydrogen) atoms. The summed E-state index contributed by atoms with van der Waals surface area (Å²) >= 11 is 0. The topological polar surface area (TPSA) is 93.7 Å². The fourth-order valence-corrected chi connectivity index (χ4v) is 1.69. The number of esters is 1. The third kappa shape index (κ3) is 8.17. The Morgan fingerprint density at radius 2 is 1.67 bits per heavy atom. The summed E-state index contributed by atoms with van der Waals surface area (Å²) in [5, 5.41) is 4.63. The summed E-state index contributed by atoms with van der Waals surface area (Å²) in [6, 6.07) is 6.69. The van der Waals surface area contributed by atoms with Crippen LogP contribution in [0.25, 0.3) is 0 Å². The van der Waals surface area contributed by atoms with Crippen molar-refractivity contribution in [2.24, 2.45) is 0 Å². The highest BCUT2D eigenvalue weighted by molar-refractivity contribution is 5.95. The minimum atomic E-state index is -0.711. The number of hydrogen-bond acceptors (Lipinski definition) is 5. The van der Waals surface area contributed by atoms with Crippen LogP contribution in [0.5, 0.6) is 5.75 Å². The monoisotopic (exact) mass is 336 g/mol. The predicted molar refractivity (Wildman–Crippen MR) is 88.7 cm³/mol. The molecule has 1 aromatic carbocycles. The molecule has 0 atom stereocenters. The molecular formula is C17H24N2O5. The summed E-state index contributed by atoms with van der Waals surface area (Å²) in [4.78, 5) is 34.5. The van der Waals surface area contributed by atoms with Gasteiger partial charge in [-0.1, -0.05) is 19.1 Å². The van der Waals surface area contributed by atoms with Gasteiger partial charge in [0.15, 0.2) is 13.2 Å². The van der Waals surface area contributed by atoms with Gasteiger partial charge < -0.3 is 14.8 Å². The summed E-state index contributed by atoms with van der Waals surface area (Å²) in [5.74, 6) is -0.864. The fourth-order valence-electron chi connectivity index (χ4n) is 1.69. The van der Waals surface area contributed by atoms with E-state index in [9.17, 15) is 14.4 Å². The van der Waals surface area contributed by atoms with Gasteiger partial charge in [0.25, 0.3) is 5.91 Å². The maximum absolute atomic E-state index is 11.5. The second-order valence-corrected chi connectivity index (χ2v) is 6.20. The van der Waals surface area contributed by atoms with E-state index in [0.717, 1.165) is 12.0 Å². The molecule has 1 aromatic rings. The van der Waals surface area contributed by atoms with Crippen molar-refractivity contribution in [1.82, 2.24) is 10.6 Å². The second kappa shape index (κ2) is 8.90. The van der Waals surface area contributed by atoms with Crippen molar-refractivity contribution in [3.05, 3.63) is 29.8 Å². The van der Waals surface area contributed by atoms with E-state index < -0.39 is 30.1 Å². The quantitative estimate of drug-likeness (QED) is 0.773. The maximum Gasteiger partial charge on any atom is 0.344 e. The number of nitrogens with one attached hydrogen (secondary N) is 2. The van der Waals surface area contributed by atoms with E-state index in [1.54, 1.807) is 32.9 Å². The van der Waals surface area contributed by atoms with Crippen LogP contribution in [0.1, 0.15) is 33.3 Å². The number of imide groups is 1. The Labute approximate surface area is 141 Å². The highest BCUT2D eigenvalue weighted by Crippen LogP contribution is 2.12. The smallest absolute Gasteiger partial charge is 0.344 e. The van der Waals surface area contributed by atoms with Gasteiger partial charge in [-0.2, -0.15) is 0 Å². The Morgan fingerprint density at radius 1 is 1.04 bits per heavy atom. The summed E-state index contributed by atoms with van der Waals surface area (Å²) in [6.45, 7) is 6.52. The van der Waals surface area contributed by atoms with Crippen molar-refractivity contribution in [3.8, 4) is 5.75 Å². The molecule has 1 rings (SSSR count). The zero-order chi connectivity index (χ0) is 18.2. The summed E-state index contributed by atoms with van der Waals surface area (Å²) < 4.78 is 10.0. The lowest BCUT2D eigenvalue weighted by molar-refractivity contribution is -0.150. The number of aryl methyl sites for hydroxylation is 1. The van der Waals surface area contributed by atoms with E-state index in [2.05, 4.69) is 10.6 Å². The minimum absolute atomic E-state index is 0.313. The molecule has 0 aliphatic rings. The van der Waals surface area contributed by atoms with Crippen LogP contribution in [0.15, 0.2) is 24.3 Å². The molecule has 0 aliphatic carbocycles. The van der Waals surface area contributed by atoms with E-state index in [0.29, 0.717) is 5.75 Å². The number of benzene rings is 1. The third-order valence-corrected chi connectivity index (χ3v) is 2.79. The van der Waals surface area contributed by atoms with Gasteiger partial charge in [0.2, 0.25) is 0 Å². The number of carbonyl (C=O) groups is 3. The van der Waals surface area contributed by atoms with Gasteiger partial charge in [0, 0.05) is 5.54 Å². The number of hydrogen-bond donors (Lipinski definition) is 2. The second-order valence-electron chi connectivity index (χ2n) is 6.20. The Balaban J connectivity index is 2.27. The SMILES string of the molecule is CCc1ccc(OCC(=O)OCC(=O)NC(=O)NC(C)(C)C)cc1.